The van der Waals surface area contributed by atoms with Crippen molar-refractivity contribution < 1.29 is 23.4 Å². The molecule has 0 saturated heterocycles. The van der Waals surface area contributed by atoms with Gasteiger partial charge in [0.2, 0.25) is 6.10 Å². The maximum atomic E-state index is 12.7. The van der Waals surface area contributed by atoms with Crippen LogP contribution in [0.25, 0.3) is 21.4 Å². The number of ether oxygens (including phenoxy) is 3. The number of rotatable bonds is 3. The first-order valence-electron chi connectivity index (χ1n) is 9.00. The SMILES string of the molecule is O=C(Oc1cc(-c2ccc(Cl)cc2)c2oc(=O)sc2c1)[C@H]1COc2ccccc2O1. The predicted octanol–water partition coefficient (Wildman–Crippen LogP) is 4.92. The summed E-state index contributed by atoms with van der Waals surface area (Å²) in [6, 6.07) is 17.4. The molecule has 0 radical (unpaired) electrons. The van der Waals surface area contributed by atoms with Gasteiger partial charge in [-0.2, -0.15) is 0 Å². The minimum absolute atomic E-state index is 0.0428. The Morgan fingerprint density at radius 2 is 1.83 bits per heavy atom. The van der Waals surface area contributed by atoms with E-state index in [0.29, 0.717) is 32.4 Å². The van der Waals surface area contributed by atoms with Crippen LogP contribution in [0.1, 0.15) is 0 Å². The first-order valence-corrected chi connectivity index (χ1v) is 10.2. The topological polar surface area (TPSA) is 75.0 Å². The van der Waals surface area contributed by atoms with Crippen LogP contribution in [0.5, 0.6) is 17.2 Å². The number of para-hydroxylation sites is 2. The van der Waals surface area contributed by atoms with Crippen LogP contribution in [0.15, 0.2) is 69.9 Å². The minimum atomic E-state index is -0.905. The third-order valence-corrected chi connectivity index (χ3v) is 5.58. The van der Waals surface area contributed by atoms with Crippen molar-refractivity contribution in [2.45, 2.75) is 6.10 Å². The van der Waals surface area contributed by atoms with Gasteiger partial charge in [0.15, 0.2) is 17.1 Å². The number of hydrogen-bond donors (Lipinski definition) is 0. The summed E-state index contributed by atoms with van der Waals surface area (Å²) in [7, 11) is 0. The van der Waals surface area contributed by atoms with E-state index >= 15 is 0 Å². The van der Waals surface area contributed by atoms with Gasteiger partial charge in [-0.05, 0) is 35.9 Å². The van der Waals surface area contributed by atoms with Gasteiger partial charge in [0, 0.05) is 16.7 Å². The van der Waals surface area contributed by atoms with E-state index in [9.17, 15) is 9.59 Å². The molecule has 30 heavy (non-hydrogen) atoms. The number of halogens is 1. The molecule has 8 heteroatoms. The highest BCUT2D eigenvalue weighted by atomic mass is 35.5. The molecule has 1 aromatic heterocycles. The summed E-state index contributed by atoms with van der Waals surface area (Å²) in [6.45, 7) is 0.0428. The summed E-state index contributed by atoms with van der Waals surface area (Å²) in [5.74, 6) is 0.742. The molecule has 0 amide bonds. The van der Waals surface area contributed by atoms with Crippen molar-refractivity contribution in [3.05, 3.63) is 75.4 Å². The van der Waals surface area contributed by atoms with E-state index in [1.54, 1.807) is 54.6 Å². The molecule has 0 fully saturated rings. The summed E-state index contributed by atoms with van der Waals surface area (Å²) in [6.07, 6.45) is -0.905. The zero-order chi connectivity index (χ0) is 20.7. The van der Waals surface area contributed by atoms with Crippen LogP contribution >= 0.6 is 22.9 Å². The summed E-state index contributed by atoms with van der Waals surface area (Å²) >= 11 is 6.91. The lowest BCUT2D eigenvalue weighted by Crippen LogP contribution is -2.39. The fraction of sp³-hybridized carbons (Fsp3) is 0.0909. The first kappa shape index (κ1) is 18.7. The van der Waals surface area contributed by atoms with Crippen molar-refractivity contribution >= 4 is 39.2 Å². The molecule has 6 nitrogen and oxygen atoms in total. The Labute approximate surface area is 179 Å². The van der Waals surface area contributed by atoms with Crippen molar-refractivity contribution in [3.63, 3.8) is 0 Å². The van der Waals surface area contributed by atoms with Crippen LogP contribution in [0.2, 0.25) is 5.02 Å². The molecule has 4 aromatic rings. The van der Waals surface area contributed by atoms with Gasteiger partial charge in [0.25, 0.3) is 0 Å². The van der Waals surface area contributed by atoms with Crippen molar-refractivity contribution in [1.29, 1.82) is 0 Å². The number of hydrogen-bond acceptors (Lipinski definition) is 7. The molecule has 1 aliphatic rings. The Bertz CT molecular complexity index is 1310. The lowest BCUT2D eigenvalue weighted by molar-refractivity contribution is -0.144. The molecule has 5 rings (SSSR count). The van der Waals surface area contributed by atoms with E-state index in [2.05, 4.69) is 0 Å². The van der Waals surface area contributed by atoms with Crippen LogP contribution < -0.4 is 19.1 Å². The second kappa shape index (κ2) is 7.51. The molecule has 0 N–H and O–H groups in total. The number of fused-ring (bicyclic) bond motifs is 2. The fourth-order valence-electron chi connectivity index (χ4n) is 3.17. The van der Waals surface area contributed by atoms with Crippen LogP contribution in [0.3, 0.4) is 0 Å². The van der Waals surface area contributed by atoms with Crippen LogP contribution in [-0.4, -0.2) is 18.7 Å². The zero-order valence-electron chi connectivity index (χ0n) is 15.3. The van der Waals surface area contributed by atoms with Gasteiger partial charge in [-0.25, -0.2) is 9.59 Å². The van der Waals surface area contributed by atoms with Crippen LogP contribution in [0.4, 0.5) is 0 Å². The first-order chi connectivity index (χ1) is 14.6. The highest BCUT2D eigenvalue weighted by Crippen LogP contribution is 2.36. The van der Waals surface area contributed by atoms with Gasteiger partial charge in [0.05, 0.1) is 4.70 Å². The smallest absolute Gasteiger partial charge is 0.396 e. The zero-order valence-corrected chi connectivity index (χ0v) is 16.9. The van der Waals surface area contributed by atoms with Crippen molar-refractivity contribution in [2.75, 3.05) is 6.61 Å². The Morgan fingerprint density at radius 3 is 2.63 bits per heavy atom. The Balaban J connectivity index is 1.47. The molecular weight excluding hydrogens is 428 g/mol. The Hall–Kier alpha value is -3.29. The van der Waals surface area contributed by atoms with Gasteiger partial charge < -0.3 is 18.6 Å². The molecule has 1 atom stereocenters. The van der Waals surface area contributed by atoms with Crippen molar-refractivity contribution in [1.82, 2.24) is 0 Å². The maximum absolute atomic E-state index is 12.7. The Morgan fingerprint density at radius 1 is 1.07 bits per heavy atom. The minimum Gasteiger partial charge on any atom is -0.485 e. The predicted molar refractivity (Wildman–Crippen MR) is 113 cm³/mol. The van der Waals surface area contributed by atoms with E-state index < -0.39 is 17.0 Å². The van der Waals surface area contributed by atoms with Crippen molar-refractivity contribution in [3.8, 4) is 28.4 Å². The van der Waals surface area contributed by atoms with E-state index in [4.69, 9.17) is 30.2 Å². The average Bonchev–Trinajstić information content (AvgIpc) is 3.13. The fourth-order valence-corrected chi connectivity index (χ4v) is 4.02. The third-order valence-electron chi connectivity index (χ3n) is 4.55. The molecule has 3 aromatic carbocycles. The average molecular weight is 441 g/mol. The van der Waals surface area contributed by atoms with Gasteiger partial charge >= 0.3 is 10.9 Å². The van der Waals surface area contributed by atoms with E-state index in [1.165, 1.54) is 0 Å². The molecule has 2 heterocycles. The summed E-state index contributed by atoms with van der Waals surface area (Å²) in [5.41, 5.74) is 1.82. The van der Waals surface area contributed by atoms with Crippen LogP contribution in [-0.2, 0) is 4.79 Å². The molecular formula is C22H13ClO6S. The van der Waals surface area contributed by atoms with Gasteiger partial charge in [0.1, 0.15) is 12.4 Å². The monoisotopic (exact) mass is 440 g/mol. The number of carbonyl (C=O) groups excluding carboxylic acids is 1. The van der Waals surface area contributed by atoms with Crippen molar-refractivity contribution in [2.24, 2.45) is 0 Å². The summed E-state index contributed by atoms with van der Waals surface area (Å²) in [5, 5.41) is 0.582. The van der Waals surface area contributed by atoms with Gasteiger partial charge in [-0.15, -0.1) is 0 Å². The second-order valence-electron chi connectivity index (χ2n) is 6.54. The molecule has 150 valence electrons. The molecule has 1 aliphatic heterocycles. The van der Waals surface area contributed by atoms with Gasteiger partial charge in [-0.3, -0.25) is 0 Å². The van der Waals surface area contributed by atoms with E-state index in [0.717, 1.165) is 16.9 Å². The Kier molecular flexibility index (Phi) is 4.69. The third kappa shape index (κ3) is 3.53. The van der Waals surface area contributed by atoms with E-state index in [1.807, 2.05) is 6.07 Å². The molecule has 0 bridgehead atoms. The lowest BCUT2D eigenvalue weighted by atomic mass is 10.0. The maximum Gasteiger partial charge on any atom is 0.396 e. The lowest BCUT2D eigenvalue weighted by Gasteiger charge is -2.24. The quantitative estimate of drug-likeness (QED) is 0.332. The van der Waals surface area contributed by atoms with Crippen LogP contribution in [0, 0.1) is 0 Å². The highest BCUT2D eigenvalue weighted by Gasteiger charge is 2.29. The number of benzene rings is 3. The molecule has 0 unspecified atom stereocenters. The van der Waals surface area contributed by atoms with E-state index in [-0.39, 0.29) is 12.4 Å². The number of esters is 1. The normalized spacial score (nSPS) is 15.2. The highest BCUT2D eigenvalue weighted by molar-refractivity contribution is 7.16. The standard InChI is InChI=1S/C22H13ClO6S/c23-13-7-5-12(6-8-13)15-9-14(10-19-20(15)29-22(25)30-19)27-21(24)18-11-26-16-3-1-2-4-17(16)28-18/h1-10,18H,11H2/t18-/m1/s1. The summed E-state index contributed by atoms with van der Waals surface area (Å²) in [4.78, 5) is 24.1. The number of carbonyl (C=O) groups is 1. The largest absolute Gasteiger partial charge is 0.485 e. The molecule has 0 aliphatic carbocycles. The molecule has 0 saturated carbocycles. The second-order valence-corrected chi connectivity index (χ2v) is 7.96. The van der Waals surface area contributed by atoms with Gasteiger partial charge in [-0.1, -0.05) is 47.2 Å². The summed E-state index contributed by atoms with van der Waals surface area (Å²) < 4.78 is 22.8. The molecule has 0 spiro atoms.